The maximum atomic E-state index is 14.1. The zero-order valence-electron chi connectivity index (χ0n) is 11.1. The molecule has 0 saturated carbocycles. The van der Waals surface area contributed by atoms with Crippen molar-refractivity contribution < 1.29 is 4.39 Å². The molecule has 0 aliphatic heterocycles. The van der Waals surface area contributed by atoms with E-state index in [9.17, 15) is 4.39 Å². The molecular weight excluding hydrogens is 289 g/mol. The quantitative estimate of drug-likeness (QED) is 0.574. The molecule has 3 N–H and O–H groups in total. The van der Waals surface area contributed by atoms with Crippen LogP contribution in [0.2, 0.25) is 5.02 Å². The first-order chi connectivity index (χ1) is 10.2. The van der Waals surface area contributed by atoms with Crippen molar-refractivity contribution >= 4 is 22.5 Å². The van der Waals surface area contributed by atoms with E-state index < -0.39 is 11.9 Å². The number of hydrogen-bond acceptors (Lipinski definition) is 3. The molecule has 3 nitrogen and oxygen atoms in total. The van der Waals surface area contributed by atoms with Gasteiger partial charge < -0.3 is 0 Å². The molecule has 0 saturated heterocycles. The fourth-order valence-corrected chi connectivity index (χ4v) is 2.47. The summed E-state index contributed by atoms with van der Waals surface area (Å²) in [5.41, 5.74) is 4.51. The molecule has 1 atom stereocenters. The molecule has 0 aliphatic carbocycles. The number of benzene rings is 2. The monoisotopic (exact) mass is 301 g/mol. The Kier molecular flexibility index (Phi) is 3.84. The van der Waals surface area contributed by atoms with E-state index in [0.717, 1.165) is 10.9 Å². The van der Waals surface area contributed by atoms with Gasteiger partial charge in [0.15, 0.2) is 0 Å². The fraction of sp³-hybridized carbons (Fsp3) is 0.0625. The molecule has 3 aromatic rings. The average Bonchev–Trinajstić information content (AvgIpc) is 2.50. The number of hydrogen-bond donors (Lipinski definition) is 2. The van der Waals surface area contributed by atoms with Crippen LogP contribution in [0.25, 0.3) is 10.9 Å². The van der Waals surface area contributed by atoms with Gasteiger partial charge in [-0.25, -0.2) is 9.82 Å². The Labute approximate surface area is 126 Å². The third-order valence-electron chi connectivity index (χ3n) is 3.36. The minimum absolute atomic E-state index is 0.346. The van der Waals surface area contributed by atoms with Gasteiger partial charge in [-0.15, -0.1) is 0 Å². The zero-order valence-corrected chi connectivity index (χ0v) is 11.8. The highest BCUT2D eigenvalue weighted by molar-refractivity contribution is 6.30. The van der Waals surface area contributed by atoms with Gasteiger partial charge in [0.2, 0.25) is 0 Å². The normalized spacial score (nSPS) is 12.5. The predicted octanol–water partition coefficient (Wildman–Crippen LogP) is 3.58. The molecule has 0 spiro atoms. The summed E-state index contributed by atoms with van der Waals surface area (Å²) in [5.74, 6) is 5.18. The van der Waals surface area contributed by atoms with Gasteiger partial charge in [0, 0.05) is 16.0 Å². The van der Waals surface area contributed by atoms with E-state index in [1.807, 2.05) is 36.4 Å². The third kappa shape index (κ3) is 2.74. The Bertz CT molecular complexity index is 791. The molecule has 21 heavy (non-hydrogen) atoms. The Hall–Kier alpha value is -2.01. The minimum atomic E-state index is -0.535. The van der Waals surface area contributed by atoms with Gasteiger partial charge in [0.1, 0.15) is 5.82 Å². The van der Waals surface area contributed by atoms with Gasteiger partial charge in [-0.2, -0.15) is 0 Å². The van der Waals surface area contributed by atoms with Crippen LogP contribution in [0.1, 0.15) is 17.3 Å². The minimum Gasteiger partial charge on any atom is -0.271 e. The van der Waals surface area contributed by atoms with Crippen molar-refractivity contribution in [2.75, 3.05) is 0 Å². The first-order valence-corrected chi connectivity index (χ1v) is 6.83. The largest absolute Gasteiger partial charge is 0.271 e. The average molecular weight is 302 g/mol. The molecule has 106 valence electrons. The molecule has 5 heteroatoms. The summed E-state index contributed by atoms with van der Waals surface area (Å²) in [4.78, 5) is 4.54. The summed E-state index contributed by atoms with van der Waals surface area (Å²) < 4.78 is 14.1. The van der Waals surface area contributed by atoms with E-state index in [2.05, 4.69) is 10.4 Å². The number of para-hydroxylation sites is 1. The van der Waals surface area contributed by atoms with Gasteiger partial charge in [-0.1, -0.05) is 41.9 Å². The van der Waals surface area contributed by atoms with Gasteiger partial charge in [-0.3, -0.25) is 10.8 Å². The maximum Gasteiger partial charge on any atom is 0.129 e. The number of halogens is 2. The lowest BCUT2D eigenvalue weighted by atomic mass is 10.0. The molecule has 1 aromatic heterocycles. The van der Waals surface area contributed by atoms with Crippen molar-refractivity contribution in [3.63, 3.8) is 0 Å². The van der Waals surface area contributed by atoms with E-state index in [1.165, 1.54) is 6.07 Å². The number of nitrogens with two attached hydrogens (primary N) is 1. The first kappa shape index (κ1) is 13.9. The van der Waals surface area contributed by atoms with Gasteiger partial charge in [-0.05, 0) is 24.3 Å². The molecule has 3 rings (SSSR count). The molecule has 0 bridgehead atoms. The van der Waals surface area contributed by atoms with Crippen LogP contribution in [0.3, 0.4) is 0 Å². The second-order valence-electron chi connectivity index (χ2n) is 4.69. The van der Waals surface area contributed by atoms with Gasteiger partial charge in [0.05, 0.1) is 17.3 Å². The molecule has 0 amide bonds. The standard InChI is InChI=1S/C16H13ClFN3/c17-11-6-7-12(13(18)9-11)16(21-19)15-8-5-10-3-1-2-4-14(10)20-15/h1-9,16,21H,19H2. The van der Waals surface area contributed by atoms with E-state index >= 15 is 0 Å². The van der Waals surface area contributed by atoms with Crippen LogP contribution in [0.15, 0.2) is 54.6 Å². The number of pyridine rings is 1. The zero-order chi connectivity index (χ0) is 14.8. The molecule has 0 aliphatic rings. The highest BCUT2D eigenvalue weighted by atomic mass is 35.5. The maximum absolute atomic E-state index is 14.1. The topological polar surface area (TPSA) is 50.9 Å². The van der Waals surface area contributed by atoms with Gasteiger partial charge >= 0.3 is 0 Å². The number of hydrazine groups is 1. The lowest BCUT2D eigenvalue weighted by molar-refractivity contribution is 0.554. The first-order valence-electron chi connectivity index (χ1n) is 6.46. The summed E-state index contributed by atoms with van der Waals surface area (Å²) in [6.07, 6.45) is 0. The molecule has 0 radical (unpaired) electrons. The number of aromatic nitrogens is 1. The third-order valence-corrected chi connectivity index (χ3v) is 3.59. The van der Waals surface area contributed by atoms with Crippen molar-refractivity contribution in [1.82, 2.24) is 10.4 Å². The van der Waals surface area contributed by atoms with Crippen LogP contribution in [-0.2, 0) is 0 Å². The molecule has 2 aromatic carbocycles. The second kappa shape index (κ2) is 5.77. The Morgan fingerprint density at radius 3 is 2.67 bits per heavy atom. The highest BCUT2D eigenvalue weighted by Crippen LogP contribution is 2.26. The number of fused-ring (bicyclic) bond motifs is 1. The smallest absolute Gasteiger partial charge is 0.129 e. The van der Waals surface area contributed by atoms with Crippen molar-refractivity contribution in [2.24, 2.45) is 5.84 Å². The summed E-state index contributed by atoms with van der Waals surface area (Å²) >= 11 is 5.78. The number of nitrogens with one attached hydrogen (secondary N) is 1. The predicted molar refractivity (Wildman–Crippen MR) is 82.3 cm³/mol. The van der Waals surface area contributed by atoms with Crippen molar-refractivity contribution in [3.05, 3.63) is 76.7 Å². The number of rotatable bonds is 3. The van der Waals surface area contributed by atoms with Crippen molar-refractivity contribution in [1.29, 1.82) is 0 Å². The SMILES string of the molecule is NNC(c1ccc2ccccc2n1)c1ccc(Cl)cc1F. The summed E-state index contributed by atoms with van der Waals surface area (Å²) in [6.45, 7) is 0. The van der Waals surface area contributed by atoms with E-state index in [-0.39, 0.29) is 0 Å². The van der Waals surface area contributed by atoms with Crippen LogP contribution >= 0.6 is 11.6 Å². The summed E-state index contributed by atoms with van der Waals surface area (Å²) in [6, 6.07) is 15.5. The van der Waals surface area contributed by atoms with Crippen LogP contribution in [-0.4, -0.2) is 4.98 Å². The van der Waals surface area contributed by atoms with Crippen LogP contribution in [0, 0.1) is 5.82 Å². The molecular formula is C16H13ClFN3. The Morgan fingerprint density at radius 1 is 1.10 bits per heavy atom. The fourth-order valence-electron chi connectivity index (χ4n) is 2.31. The molecule has 0 fully saturated rings. The van der Waals surface area contributed by atoms with Crippen LogP contribution < -0.4 is 11.3 Å². The summed E-state index contributed by atoms with van der Waals surface area (Å²) in [5, 5.41) is 1.37. The van der Waals surface area contributed by atoms with Crippen molar-refractivity contribution in [2.45, 2.75) is 6.04 Å². The molecule has 1 unspecified atom stereocenters. The lowest BCUT2D eigenvalue weighted by Gasteiger charge is -2.17. The second-order valence-corrected chi connectivity index (χ2v) is 5.13. The van der Waals surface area contributed by atoms with Crippen LogP contribution in [0.4, 0.5) is 4.39 Å². The van der Waals surface area contributed by atoms with Crippen LogP contribution in [0.5, 0.6) is 0 Å². The van der Waals surface area contributed by atoms with Crippen molar-refractivity contribution in [3.8, 4) is 0 Å². The Morgan fingerprint density at radius 2 is 1.90 bits per heavy atom. The Balaban J connectivity index is 2.09. The van der Waals surface area contributed by atoms with E-state index in [0.29, 0.717) is 16.3 Å². The lowest BCUT2D eigenvalue weighted by Crippen LogP contribution is -2.30. The van der Waals surface area contributed by atoms with Gasteiger partial charge in [0.25, 0.3) is 0 Å². The highest BCUT2D eigenvalue weighted by Gasteiger charge is 2.18. The molecule has 1 heterocycles. The van der Waals surface area contributed by atoms with E-state index in [1.54, 1.807) is 12.1 Å². The summed E-state index contributed by atoms with van der Waals surface area (Å²) in [7, 11) is 0. The van der Waals surface area contributed by atoms with E-state index in [4.69, 9.17) is 17.4 Å². The number of nitrogens with zero attached hydrogens (tertiary/aromatic N) is 1.